The number of hydrogen-bond donors (Lipinski definition) is 1. The maximum absolute atomic E-state index is 3.75. The highest BCUT2D eigenvalue weighted by Gasteiger charge is 2.40. The van der Waals surface area contributed by atoms with Gasteiger partial charge in [-0.1, -0.05) is 0 Å². The molecule has 4 atom stereocenters. The smallest absolute Gasteiger partial charge is 0.0229 e. The van der Waals surface area contributed by atoms with Gasteiger partial charge in [0.25, 0.3) is 0 Å². The Morgan fingerprint density at radius 3 is 2.69 bits per heavy atom. The van der Waals surface area contributed by atoms with Crippen LogP contribution in [-0.4, -0.2) is 61.7 Å². The van der Waals surface area contributed by atoms with Gasteiger partial charge in [0, 0.05) is 31.2 Å². The summed E-state index contributed by atoms with van der Waals surface area (Å²) in [6.07, 6.45) is 5.66. The van der Waals surface area contributed by atoms with Crippen LogP contribution in [0.4, 0.5) is 0 Å². The molecule has 16 heavy (non-hydrogen) atoms. The van der Waals surface area contributed by atoms with Gasteiger partial charge in [-0.3, -0.25) is 0 Å². The van der Waals surface area contributed by atoms with E-state index in [4.69, 9.17) is 0 Å². The second-order valence-electron chi connectivity index (χ2n) is 6.21. The summed E-state index contributed by atoms with van der Waals surface area (Å²) < 4.78 is 0. The summed E-state index contributed by atoms with van der Waals surface area (Å²) in [5, 5.41) is 3.75. The van der Waals surface area contributed by atoms with Gasteiger partial charge in [-0.05, 0) is 52.2 Å². The van der Waals surface area contributed by atoms with Crippen LogP contribution >= 0.6 is 0 Å². The van der Waals surface area contributed by atoms with Crippen molar-refractivity contribution >= 4 is 0 Å². The van der Waals surface area contributed by atoms with Gasteiger partial charge in [-0.2, -0.15) is 0 Å². The van der Waals surface area contributed by atoms with Crippen molar-refractivity contribution in [2.24, 2.45) is 5.92 Å². The fraction of sp³-hybridized carbons (Fsp3) is 1.00. The minimum absolute atomic E-state index is 0.798. The van der Waals surface area contributed by atoms with Crippen molar-refractivity contribution in [1.29, 1.82) is 0 Å². The van der Waals surface area contributed by atoms with Crippen LogP contribution in [0.15, 0.2) is 0 Å². The number of hydrogen-bond acceptors (Lipinski definition) is 3. The molecule has 0 radical (unpaired) electrons. The van der Waals surface area contributed by atoms with Gasteiger partial charge < -0.3 is 15.1 Å². The van der Waals surface area contributed by atoms with Gasteiger partial charge in [-0.25, -0.2) is 0 Å². The summed E-state index contributed by atoms with van der Waals surface area (Å²) in [5.41, 5.74) is 0. The molecule has 3 saturated heterocycles. The second-order valence-corrected chi connectivity index (χ2v) is 6.21. The molecular formula is C13H25N3. The van der Waals surface area contributed by atoms with E-state index in [-0.39, 0.29) is 0 Å². The van der Waals surface area contributed by atoms with Crippen molar-refractivity contribution in [2.75, 3.05) is 33.7 Å². The van der Waals surface area contributed by atoms with Crippen molar-refractivity contribution in [1.82, 2.24) is 15.1 Å². The Bertz CT molecular complexity index is 254. The molecule has 2 bridgehead atoms. The lowest BCUT2D eigenvalue weighted by Crippen LogP contribution is -2.36. The van der Waals surface area contributed by atoms with Gasteiger partial charge in [0.05, 0.1) is 0 Å². The molecule has 3 heterocycles. The number of likely N-dealkylation sites (tertiary alicyclic amines) is 1. The molecule has 3 rings (SSSR count). The first-order valence-corrected chi connectivity index (χ1v) is 6.87. The third-order valence-electron chi connectivity index (χ3n) is 4.90. The zero-order chi connectivity index (χ0) is 11.1. The average molecular weight is 223 g/mol. The van der Waals surface area contributed by atoms with Crippen molar-refractivity contribution < 1.29 is 0 Å². The first-order valence-electron chi connectivity index (χ1n) is 6.87. The summed E-state index contributed by atoms with van der Waals surface area (Å²) in [6, 6.07) is 2.51. The van der Waals surface area contributed by atoms with E-state index in [1.165, 1.54) is 45.3 Å². The predicted octanol–water partition coefficient (Wildman–Crippen LogP) is 0.763. The monoisotopic (exact) mass is 223 g/mol. The number of likely N-dealkylation sites (N-methyl/N-ethyl adjacent to an activating group) is 1. The van der Waals surface area contributed by atoms with Crippen LogP contribution in [-0.2, 0) is 0 Å². The van der Waals surface area contributed by atoms with Crippen LogP contribution in [0.2, 0.25) is 0 Å². The Morgan fingerprint density at radius 2 is 2.12 bits per heavy atom. The summed E-state index contributed by atoms with van der Waals surface area (Å²) in [7, 11) is 4.43. The highest BCUT2D eigenvalue weighted by atomic mass is 15.2. The molecule has 0 amide bonds. The molecule has 3 nitrogen and oxygen atoms in total. The molecule has 3 fully saturated rings. The van der Waals surface area contributed by atoms with E-state index in [9.17, 15) is 0 Å². The standard InChI is InChI=1S/C13H25N3/c1-15(2)12-5-6-16(9-12)8-10-7-11-3-4-13(10)14-11/h10-14H,3-9H2,1-2H3. The van der Waals surface area contributed by atoms with Crippen molar-refractivity contribution in [3.63, 3.8) is 0 Å². The maximum atomic E-state index is 3.75. The summed E-state index contributed by atoms with van der Waals surface area (Å²) in [5.74, 6) is 0.944. The number of rotatable bonds is 3. The molecule has 0 spiro atoms. The Balaban J connectivity index is 1.49. The molecule has 4 unspecified atom stereocenters. The number of nitrogens with one attached hydrogen (secondary N) is 1. The molecule has 3 heteroatoms. The van der Waals surface area contributed by atoms with E-state index in [1.54, 1.807) is 0 Å². The molecule has 0 aromatic heterocycles. The Morgan fingerprint density at radius 1 is 1.25 bits per heavy atom. The average Bonchev–Trinajstić information content (AvgIpc) is 2.91. The molecule has 0 aliphatic carbocycles. The highest BCUT2D eigenvalue weighted by molar-refractivity contribution is 4.99. The Hall–Kier alpha value is -0.120. The van der Waals surface area contributed by atoms with Gasteiger partial charge in [0.15, 0.2) is 0 Å². The zero-order valence-corrected chi connectivity index (χ0v) is 10.7. The Kier molecular flexibility index (Phi) is 2.94. The fourth-order valence-electron chi connectivity index (χ4n) is 3.87. The topological polar surface area (TPSA) is 18.5 Å². The van der Waals surface area contributed by atoms with Crippen molar-refractivity contribution in [3.05, 3.63) is 0 Å². The third-order valence-corrected chi connectivity index (χ3v) is 4.90. The largest absolute Gasteiger partial charge is 0.311 e. The molecule has 3 aliphatic rings. The lowest BCUT2D eigenvalue weighted by Gasteiger charge is -2.26. The lowest BCUT2D eigenvalue weighted by atomic mass is 9.89. The highest BCUT2D eigenvalue weighted by Crippen LogP contribution is 2.34. The number of fused-ring (bicyclic) bond motifs is 2. The van der Waals surface area contributed by atoms with E-state index in [2.05, 4.69) is 29.2 Å². The zero-order valence-electron chi connectivity index (χ0n) is 10.7. The van der Waals surface area contributed by atoms with Crippen LogP contribution in [0.3, 0.4) is 0 Å². The quantitative estimate of drug-likeness (QED) is 0.762. The van der Waals surface area contributed by atoms with E-state index in [1.807, 2.05) is 0 Å². The van der Waals surface area contributed by atoms with Crippen molar-refractivity contribution in [2.45, 2.75) is 43.8 Å². The molecule has 0 saturated carbocycles. The van der Waals surface area contributed by atoms with Crippen LogP contribution in [0.25, 0.3) is 0 Å². The third kappa shape index (κ3) is 2.01. The van der Waals surface area contributed by atoms with Crippen LogP contribution < -0.4 is 5.32 Å². The lowest BCUT2D eigenvalue weighted by molar-refractivity contribution is 0.225. The summed E-state index contributed by atoms with van der Waals surface area (Å²) in [6.45, 7) is 3.95. The second kappa shape index (κ2) is 4.28. The first kappa shape index (κ1) is 11.0. The van der Waals surface area contributed by atoms with E-state index in [0.717, 1.165) is 24.0 Å². The van der Waals surface area contributed by atoms with Gasteiger partial charge in [0.2, 0.25) is 0 Å². The van der Waals surface area contributed by atoms with Crippen LogP contribution in [0.5, 0.6) is 0 Å². The number of nitrogens with zero attached hydrogens (tertiary/aromatic N) is 2. The summed E-state index contributed by atoms with van der Waals surface area (Å²) >= 11 is 0. The normalized spacial score (nSPS) is 43.7. The van der Waals surface area contributed by atoms with Crippen LogP contribution in [0.1, 0.15) is 25.7 Å². The van der Waals surface area contributed by atoms with Crippen molar-refractivity contribution in [3.8, 4) is 0 Å². The van der Waals surface area contributed by atoms with Gasteiger partial charge in [0.1, 0.15) is 0 Å². The predicted molar refractivity (Wildman–Crippen MR) is 66.6 cm³/mol. The molecule has 1 N–H and O–H groups in total. The Labute approximate surface area is 99.2 Å². The van der Waals surface area contributed by atoms with Gasteiger partial charge in [-0.15, -0.1) is 0 Å². The van der Waals surface area contributed by atoms with E-state index in [0.29, 0.717) is 0 Å². The maximum Gasteiger partial charge on any atom is 0.0229 e. The fourth-order valence-corrected chi connectivity index (χ4v) is 3.87. The van der Waals surface area contributed by atoms with E-state index < -0.39 is 0 Å². The minimum atomic E-state index is 0.798. The molecular weight excluding hydrogens is 198 g/mol. The van der Waals surface area contributed by atoms with Gasteiger partial charge >= 0.3 is 0 Å². The molecule has 0 aromatic carbocycles. The van der Waals surface area contributed by atoms with Crippen LogP contribution in [0, 0.1) is 5.92 Å². The van der Waals surface area contributed by atoms with E-state index >= 15 is 0 Å². The molecule has 3 aliphatic heterocycles. The minimum Gasteiger partial charge on any atom is -0.311 e. The molecule has 0 aromatic rings. The summed E-state index contributed by atoms with van der Waals surface area (Å²) in [4.78, 5) is 5.08. The SMILES string of the molecule is CN(C)C1CCN(CC2CC3CCC2N3)C1. The molecule has 92 valence electrons. The first-order chi connectivity index (χ1) is 7.72.